The average molecular weight is 278 g/mol. The van der Waals surface area contributed by atoms with Crippen LogP contribution in [0.3, 0.4) is 0 Å². The summed E-state index contributed by atoms with van der Waals surface area (Å²) in [7, 11) is 0. The van der Waals surface area contributed by atoms with E-state index in [1.807, 2.05) is 6.92 Å². The molecule has 1 aliphatic heterocycles. The number of carbonyl (C=O) groups is 2. The molecular weight excluding hydrogens is 256 g/mol. The van der Waals surface area contributed by atoms with E-state index in [0.29, 0.717) is 18.9 Å². The van der Waals surface area contributed by atoms with E-state index in [9.17, 15) is 14.7 Å². The molecule has 0 radical (unpaired) electrons. The topological polar surface area (TPSA) is 60.9 Å². The van der Waals surface area contributed by atoms with Crippen LogP contribution in [0.15, 0.2) is 0 Å². The first-order chi connectivity index (χ1) is 9.60. The number of aliphatic carboxylic acids is 1. The van der Waals surface area contributed by atoms with Crippen LogP contribution in [0.25, 0.3) is 0 Å². The normalized spacial score (nSPS) is 28.6. The van der Waals surface area contributed by atoms with Crippen LogP contribution >= 0.6 is 0 Å². The molecule has 1 saturated carbocycles. The van der Waals surface area contributed by atoms with Crippen LogP contribution in [0.5, 0.6) is 0 Å². The van der Waals surface area contributed by atoms with Crippen LogP contribution in [0, 0.1) is 18.3 Å². The molecular formula is C15H22N2O3. The van der Waals surface area contributed by atoms with Gasteiger partial charge < -0.3 is 14.9 Å². The number of likely N-dealkylation sites (tertiary alicyclic amines) is 1. The first-order valence-electron chi connectivity index (χ1n) is 7.33. The summed E-state index contributed by atoms with van der Waals surface area (Å²) in [6, 6.07) is -0.834. The van der Waals surface area contributed by atoms with Crippen molar-refractivity contribution in [2.75, 3.05) is 13.1 Å². The maximum absolute atomic E-state index is 12.6. The lowest BCUT2D eigenvalue weighted by atomic mass is 9.85. The average Bonchev–Trinajstić information content (AvgIpc) is 2.83. The van der Waals surface area contributed by atoms with E-state index in [1.54, 1.807) is 9.80 Å². The summed E-state index contributed by atoms with van der Waals surface area (Å²) >= 11 is 0. The van der Waals surface area contributed by atoms with E-state index in [1.165, 1.54) is 0 Å². The van der Waals surface area contributed by atoms with E-state index >= 15 is 0 Å². The number of hydrogen-bond donors (Lipinski definition) is 1. The Balaban J connectivity index is 2.22. The lowest BCUT2D eigenvalue weighted by Gasteiger charge is -2.35. The van der Waals surface area contributed by atoms with Gasteiger partial charge in [0.15, 0.2) is 0 Å². The maximum Gasteiger partial charge on any atom is 0.326 e. The molecule has 20 heavy (non-hydrogen) atoms. The zero-order valence-corrected chi connectivity index (χ0v) is 11.9. The Morgan fingerprint density at radius 3 is 2.70 bits per heavy atom. The lowest BCUT2D eigenvalue weighted by Crippen LogP contribution is -2.52. The molecule has 110 valence electrons. The largest absolute Gasteiger partial charge is 0.480 e. The molecule has 2 fully saturated rings. The standard InChI is InChI=1S/C15H22N2O3/c1-3-9-16(4-2)15(20)17-12-8-6-5-7-11(12)10-13(17)14(18)19/h1,11-13H,4-10H2,2H3,(H,18,19). The molecule has 1 N–H and O–H groups in total. The highest BCUT2D eigenvalue weighted by Gasteiger charge is 2.48. The van der Waals surface area contributed by atoms with Gasteiger partial charge in [0.05, 0.1) is 6.54 Å². The van der Waals surface area contributed by atoms with Gasteiger partial charge in [-0.25, -0.2) is 9.59 Å². The third-order valence-electron chi connectivity index (χ3n) is 4.53. The van der Waals surface area contributed by atoms with Gasteiger partial charge in [-0.15, -0.1) is 6.42 Å². The Kier molecular flexibility index (Phi) is 4.53. The van der Waals surface area contributed by atoms with Gasteiger partial charge >= 0.3 is 12.0 Å². The molecule has 3 unspecified atom stereocenters. The number of fused-ring (bicyclic) bond motifs is 1. The molecule has 1 heterocycles. The second-order valence-electron chi connectivity index (χ2n) is 5.61. The third kappa shape index (κ3) is 2.60. The number of carbonyl (C=O) groups excluding carboxylic acids is 1. The summed E-state index contributed by atoms with van der Waals surface area (Å²) in [5.74, 6) is 1.90. The molecule has 3 atom stereocenters. The lowest BCUT2D eigenvalue weighted by molar-refractivity contribution is -0.141. The molecule has 1 aliphatic carbocycles. The van der Waals surface area contributed by atoms with Crippen LogP contribution < -0.4 is 0 Å². The van der Waals surface area contributed by atoms with Gasteiger partial charge in [0, 0.05) is 12.6 Å². The first kappa shape index (κ1) is 14.7. The highest BCUT2D eigenvalue weighted by atomic mass is 16.4. The summed E-state index contributed by atoms with van der Waals surface area (Å²) in [6.45, 7) is 2.60. The Morgan fingerprint density at radius 1 is 1.40 bits per heavy atom. The summed E-state index contributed by atoms with van der Waals surface area (Å²) in [5.41, 5.74) is 0. The number of hydrogen-bond acceptors (Lipinski definition) is 2. The van der Waals surface area contributed by atoms with Gasteiger partial charge in [0.25, 0.3) is 0 Å². The van der Waals surface area contributed by atoms with E-state index in [-0.39, 0.29) is 18.6 Å². The van der Waals surface area contributed by atoms with Crippen molar-refractivity contribution in [1.82, 2.24) is 9.80 Å². The summed E-state index contributed by atoms with van der Waals surface area (Å²) in [6.07, 6.45) is 10.0. The zero-order chi connectivity index (χ0) is 14.7. The van der Waals surface area contributed by atoms with Crippen molar-refractivity contribution < 1.29 is 14.7 Å². The molecule has 0 aromatic carbocycles. The Morgan fingerprint density at radius 2 is 2.10 bits per heavy atom. The molecule has 0 bridgehead atoms. The van der Waals surface area contributed by atoms with Gasteiger partial charge in [-0.2, -0.15) is 0 Å². The number of urea groups is 1. The molecule has 5 nitrogen and oxygen atoms in total. The highest BCUT2D eigenvalue weighted by molar-refractivity contribution is 5.84. The first-order valence-corrected chi connectivity index (χ1v) is 7.33. The van der Waals surface area contributed by atoms with Gasteiger partial charge in [-0.3, -0.25) is 0 Å². The molecule has 2 aliphatic rings. The SMILES string of the molecule is C#CCN(CC)C(=O)N1C(C(=O)O)CC2CCCCC21. The monoisotopic (exact) mass is 278 g/mol. The fourth-order valence-electron chi connectivity index (χ4n) is 3.54. The van der Waals surface area contributed by atoms with Crippen molar-refractivity contribution in [3.05, 3.63) is 0 Å². The smallest absolute Gasteiger partial charge is 0.326 e. The second kappa shape index (κ2) is 6.17. The third-order valence-corrected chi connectivity index (χ3v) is 4.53. The van der Waals surface area contributed by atoms with Crippen LogP contribution in [-0.4, -0.2) is 52.1 Å². The predicted octanol–water partition coefficient (Wildman–Crippen LogP) is 1.78. The van der Waals surface area contributed by atoms with Crippen LogP contribution in [0.1, 0.15) is 39.0 Å². The molecule has 1 saturated heterocycles. The fourth-order valence-corrected chi connectivity index (χ4v) is 3.54. The maximum atomic E-state index is 12.6. The summed E-state index contributed by atoms with van der Waals surface area (Å²) < 4.78 is 0. The van der Waals surface area contributed by atoms with Crippen molar-refractivity contribution in [2.24, 2.45) is 5.92 Å². The van der Waals surface area contributed by atoms with Crippen molar-refractivity contribution >= 4 is 12.0 Å². The van der Waals surface area contributed by atoms with Crippen molar-refractivity contribution in [3.63, 3.8) is 0 Å². The van der Waals surface area contributed by atoms with Gasteiger partial charge in [-0.05, 0) is 32.1 Å². The number of terminal acetylenes is 1. The minimum Gasteiger partial charge on any atom is -0.480 e. The number of carboxylic acid groups (broad SMARTS) is 1. The molecule has 0 aromatic heterocycles. The zero-order valence-electron chi connectivity index (χ0n) is 11.9. The van der Waals surface area contributed by atoms with E-state index < -0.39 is 12.0 Å². The van der Waals surface area contributed by atoms with Crippen molar-refractivity contribution in [3.8, 4) is 12.3 Å². The van der Waals surface area contributed by atoms with Crippen molar-refractivity contribution in [2.45, 2.75) is 51.1 Å². The minimum atomic E-state index is -0.899. The molecule has 5 heteroatoms. The Bertz CT molecular complexity index is 429. The quantitative estimate of drug-likeness (QED) is 0.800. The summed E-state index contributed by atoms with van der Waals surface area (Å²) in [4.78, 5) is 27.2. The molecule has 2 rings (SSSR count). The second-order valence-corrected chi connectivity index (χ2v) is 5.61. The van der Waals surface area contributed by atoms with Crippen molar-refractivity contribution in [1.29, 1.82) is 0 Å². The predicted molar refractivity (Wildman–Crippen MR) is 75.1 cm³/mol. The molecule has 2 amide bonds. The van der Waals surface area contributed by atoms with Gasteiger partial charge in [-0.1, -0.05) is 18.8 Å². The van der Waals surface area contributed by atoms with Gasteiger partial charge in [0.1, 0.15) is 6.04 Å². The van der Waals surface area contributed by atoms with E-state index in [0.717, 1.165) is 25.7 Å². The highest BCUT2D eigenvalue weighted by Crippen LogP contribution is 2.40. The molecule has 0 spiro atoms. The Hall–Kier alpha value is -1.70. The number of nitrogens with zero attached hydrogens (tertiary/aromatic N) is 2. The van der Waals surface area contributed by atoms with Gasteiger partial charge in [0.2, 0.25) is 0 Å². The van der Waals surface area contributed by atoms with E-state index in [4.69, 9.17) is 6.42 Å². The minimum absolute atomic E-state index is 0.0733. The van der Waals surface area contributed by atoms with Crippen LogP contribution in [0.4, 0.5) is 4.79 Å². The number of carboxylic acids is 1. The number of rotatable bonds is 3. The fraction of sp³-hybridized carbons (Fsp3) is 0.733. The van der Waals surface area contributed by atoms with Crippen LogP contribution in [-0.2, 0) is 4.79 Å². The molecule has 0 aromatic rings. The Labute approximate surface area is 119 Å². The number of amides is 2. The van der Waals surface area contributed by atoms with E-state index in [2.05, 4.69) is 5.92 Å². The van der Waals surface area contributed by atoms with Crippen LogP contribution in [0.2, 0.25) is 0 Å². The summed E-state index contributed by atoms with van der Waals surface area (Å²) in [5, 5.41) is 9.41.